The maximum atomic E-state index is 10.0. The second kappa shape index (κ2) is 7.51. The van der Waals surface area contributed by atoms with E-state index in [0.29, 0.717) is 42.2 Å². The molecule has 2 aliphatic rings. The molecule has 7 nitrogen and oxygen atoms in total. The third kappa shape index (κ3) is 3.78. The summed E-state index contributed by atoms with van der Waals surface area (Å²) in [6, 6.07) is -0.121. The summed E-state index contributed by atoms with van der Waals surface area (Å²) in [5, 5.41) is 18.2. The predicted octanol–water partition coefficient (Wildman–Crippen LogP) is 1.89. The van der Waals surface area contributed by atoms with Crippen LogP contribution < -0.4 is 10.6 Å². The zero-order valence-corrected chi connectivity index (χ0v) is 15.2. The first-order valence-electron chi connectivity index (χ1n) is 8.42. The molecule has 0 spiro atoms. The van der Waals surface area contributed by atoms with Crippen molar-refractivity contribution in [2.75, 3.05) is 31.6 Å². The number of ether oxygens (including phenoxy) is 1. The highest BCUT2D eigenvalue weighted by Crippen LogP contribution is 2.35. The molecule has 2 fully saturated rings. The van der Waals surface area contributed by atoms with Crippen molar-refractivity contribution in [1.82, 2.24) is 20.3 Å². The molecule has 25 heavy (non-hydrogen) atoms. The Balaban J connectivity index is 1.55. The van der Waals surface area contributed by atoms with Crippen LogP contribution in [0.15, 0.2) is 12.4 Å². The number of rotatable bonds is 4. The second-order valence-corrected chi connectivity index (χ2v) is 7.79. The van der Waals surface area contributed by atoms with E-state index in [1.165, 1.54) is 0 Å². The van der Waals surface area contributed by atoms with Crippen LogP contribution in [0.1, 0.15) is 23.8 Å². The topological polar surface area (TPSA) is 92.2 Å². The van der Waals surface area contributed by atoms with Crippen LogP contribution in [0.5, 0.6) is 0 Å². The summed E-state index contributed by atoms with van der Waals surface area (Å²) in [5.41, 5.74) is 0.676. The van der Waals surface area contributed by atoms with Crippen LogP contribution in [0.3, 0.4) is 0 Å². The van der Waals surface area contributed by atoms with Crippen LogP contribution in [-0.2, 0) is 4.74 Å². The lowest BCUT2D eigenvalue weighted by atomic mass is 10.1. The van der Waals surface area contributed by atoms with Crippen molar-refractivity contribution in [1.29, 1.82) is 0 Å². The quantitative estimate of drug-likeness (QED) is 0.744. The molecule has 9 heteroatoms. The van der Waals surface area contributed by atoms with E-state index in [1.54, 1.807) is 17.5 Å². The number of anilines is 1. The van der Waals surface area contributed by atoms with Gasteiger partial charge in [-0.2, -0.15) is 0 Å². The van der Waals surface area contributed by atoms with Gasteiger partial charge < -0.3 is 20.5 Å². The van der Waals surface area contributed by atoms with E-state index in [0.717, 1.165) is 29.4 Å². The van der Waals surface area contributed by atoms with E-state index in [4.69, 9.17) is 16.3 Å². The summed E-state index contributed by atoms with van der Waals surface area (Å²) in [7, 11) is 0. The van der Waals surface area contributed by atoms with Gasteiger partial charge in [0, 0.05) is 25.3 Å². The van der Waals surface area contributed by atoms with Crippen LogP contribution in [0, 0.1) is 0 Å². The predicted molar refractivity (Wildman–Crippen MR) is 97.2 cm³/mol. The van der Waals surface area contributed by atoms with Gasteiger partial charge in [-0.1, -0.05) is 11.6 Å². The molecular formula is C16H20ClN5O2S. The lowest BCUT2D eigenvalue weighted by Gasteiger charge is -2.28. The molecular weight excluding hydrogens is 362 g/mol. The number of aromatic nitrogens is 3. The number of hydrogen-bond donors (Lipinski definition) is 3. The number of nitrogens with one attached hydrogen (secondary N) is 2. The minimum Gasteiger partial charge on any atom is -0.389 e. The van der Waals surface area contributed by atoms with Gasteiger partial charge in [-0.25, -0.2) is 15.0 Å². The van der Waals surface area contributed by atoms with Crippen molar-refractivity contribution in [3.63, 3.8) is 0 Å². The van der Waals surface area contributed by atoms with Gasteiger partial charge in [0.05, 0.1) is 39.9 Å². The van der Waals surface area contributed by atoms with Gasteiger partial charge in [-0.15, -0.1) is 11.3 Å². The Hall–Kier alpha value is -1.32. The average molecular weight is 382 g/mol. The van der Waals surface area contributed by atoms with E-state index in [9.17, 15) is 5.11 Å². The van der Waals surface area contributed by atoms with Crippen molar-refractivity contribution in [2.45, 2.75) is 30.9 Å². The smallest absolute Gasteiger partial charge is 0.223 e. The highest BCUT2D eigenvalue weighted by Gasteiger charge is 2.25. The lowest BCUT2D eigenvalue weighted by Crippen LogP contribution is -2.42. The third-order valence-corrected chi connectivity index (χ3v) is 5.99. The first-order valence-corrected chi connectivity index (χ1v) is 9.62. The van der Waals surface area contributed by atoms with E-state index in [2.05, 4.69) is 25.6 Å². The Kier molecular flexibility index (Phi) is 5.14. The number of aliphatic hydroxyl groups is 1. The van der Waals surface area contributed by atoms with Crippen LogP contribution in [0.4, 0.5) is 5.95 Å². The van der Waals surface area contributed by atoms with Crippen molar-refractivity contribution < 1.29 is 9.84 Å². The van der Waals surface area contributed by atoms with Gasteiger partial charge in [-0.3, -0.25) is 0 Å². The highest BCUT2D eigenvalue weighted by atomic mass is 35.5. The Morgan fingerprint density at radius 2 is 2.24 bits per heavy atom. The molecule has 2 aromatic rings. The van der Waals surface area contributed by atoms with Crippen molar-refractivity contribution in [3.05, 3.63) is 22.4 Å². The standard InChI is InChI=1S/C16H20ClN5O2S/c17-10-6-20-16(21-11-2-4-24-8-12(11)23)22-14(10)13-7-19-15(25-13)9-1-3-18-5-9/h6-7,9,11-12,18,23H,1-5,8H2,(H,20,21,22)/t9?,11-,12-/m1/s1. The fraction of sp³-hybridized carbons (Fsp3) is 0.562. The monoisotopic (exact) mass is 381 g/mol. The normalized spacial score (nSPS) is 26.7. The second-order valence-electron chi connectivity index (χ2n) is 6.32. The summed E-state index contributed by atoms with van der Waals surface area (Å²) < 4.78 is 5.25. The molecule has 3 N–H and O–H groups in total. The molecule has 2 saturated heterocycles. The molecule has 134 valence electrons. The van der Waals surface area contributed by atoms with E-state index >= 15 is 0 Å². The molecule has 1 unspecified atom stereocenters. The minimum absolute atomic E-state index is 0.121. The first-order chi connectivity index (χ1) is 12.2. The minimum atomic E-state index is -0.568. The van der Waals surface area contributed by atoms with Gasteiger partial charge in [0.25, 0.3) is 0 Å². The van der Waals surface area contributed by atoms with Crippen molar-refractivity contribution in [2.24, 2.45) is 0 Å². The van der Waals surface area contributed by atoms with Crippen LogP contribution >= 0.6 is 22.9 Å². The van der Waals surface area contributed by atoms with Crippen LogP contribution in [-0.4, -0.2) is 58.5 Å². The van der Waals surface area contributed by atoms with Crippen molar-refractivity contribution >= 4 is 28.9 Å². The maximum Gasteiger partial charge on any atom is 0.223 e. The summed E-state index contributed by atoms with van der Waals surface area (Å²) in [6.07, 6.45) is 4.68. The number of halogens is 1. The van der Waals surface area contributed by atoms with Crippen molar-refractivity contribution in [3.8, 4) is 10.6 Å². The average Bonchev–Trinajstić information content (AvgIpc) is 3.29. The van der Waals surface area contributed by atoms with E-state index in [-0.39, 0.29) is 6.04 Å². The number of hydrogen-bond acceptors (Lipinski definition) is 8. The summed E-state index contributed by atoms with van der Waals surface area (Å²) in [5.74, 6) is 0.928. The zero-order valence-electron chi connectivity index (χ0n) is 13.6. The highest BCUT2D eigenvalue weighted by molar-refractivity contribution is 7.15. The Labute approximate surface area is 154 Å². The zero-order chi connectivity index (χ0) is 17.2. The molecule has 4 rings (SSSR count). The van der Waals surface area contributed by atoms with Gasteiger partial charge in [0.1, 0.15) is 5.69 Å². The molecule has 0 saturated carbocycles. The number of aliphatic hydroxyl groups excluding tert-OH is 1. The molecule has 0 radical (unpaired) electrons. The molecule has 2 aliphatic heterocycles. The summed E-state index contributed by atoms with van der Waals surface area (Å²) in [6.45, 7) is 2.95. The fourth-order valence-corrected chi connectivity index (χ4v) is 4.42. The van der Waals surface area contributed by atoms with E-state index < -0.39 is 6.10 Å². The maximum absolute atomic E-state index is 10.0. The summed E-state index contributed by atoms with van der Waals surface area (Å²) in [4.78, 5) is 14.3. The van der Waals surface area contributed by atoms with Crippen LogP contribution in [0.25, 0.3) is 10.6 Å². The van der Waals surface area contributed by atoms with Gasteiger partial charge in [-0.05, 0) is 19.4 Å². The molecule has 0 aromatic carbocycles. The van der Waals surface area contributed by atoms with Gasteiger partial charge in [0.2, 0.25) is 5.95 Å². The molecule has 0 aliphatic carbocycles. The molecule has 4 heterocycles. The van der Waals surface area contributed by atoms with E-state index in [1.807, 2.05) is 6.20 Å². The Morgan fingerprint density at radius 1 is 1.32 bits per heavy atom. The largest absolute Gasteiger partial charge is 0.389 e. The lowest BCUT2D eigenvalue weighted by molar-refractivity contribution is -0.0136. The Bertz CT molecular complexity index is 737. The van der Waals surface area contributed by atoms with Gasteiger partial charge in [0.15, 0.2) is 0 Å². The SMILES string of the molecule is O[C@@H]1COCC[C@H]1Nc1ncc(Cl)c(-c2cnc(C3CCNC3)s2)n1. The third-order valence-electron chi connectivity index (χ3n) is 4.55. The number of nitrogens with zero attached hydrogens (tertiary/aromatic N) is 3. The molecule has 0 amide bonds. The molecule has 2 aromatic heterocycles. The number of thiazole rings is 1. The fourth-order valence-electron chi connectivity index (χ4n) is 3.12. The van der Waals surface area contributed by atoms with Gasteiger partial charge >= 0.3 is 0 Å². The van der Waals surface area contributed by atoms with Crippen LogP contribution in [0.2, 0.25) is 5.02 Å². The molecule has 3 atom stereocenters. The Morgan fingerprint density at radius 3 is 3.04 bits per heavy atom. The first kappa shape index (κ1) is 17.1. The summed E-state index contributed by atoms with van der Waals surface area (Å²) >= 11 is 7.95. The molecule has 0 bridgehead atoms.